The summed E-state index contributed by atoms with van der Waals surface area (Å²) in [7, 11) is 0. The van der Waals surface area contributed by atoms with Gasteiger partial charge in [0.1, 0.15) is 10.9 Å². The molecule has 6 heteroatoms. The summed E-state index contributed by atoms with van der Waals surface area (Å²) in [4.78, 5) is 7.05. The van der Waals surface area contributed by atoms with Gasteiger partial charge in [0.15, 0.2) is 10.3 Å². The minimum absolute atomic E-state index is 0.305. The first-order chi connectivity index (χ1) is 8.29. The van der Waals surface area contributed by atoms with E-state index in [1.807, 2.05) is 6.07 Å². The lowest BCUT2D eigenvalue weighted by atomic mass is 10.4. The van der Waals surface area contributed by atoms with Crippen LogP contribution in [-0.4, -0.2) is 36.1 Å². The monoisotopic (exact) mass is 270 g/mol. The number of likely N-dealkylation sites (tertiary alicyclic amines) is 1. The normalized spacial score (nSPS) is 16.0. The van der Waals surface area contributed by atoms with Crippen molar-refractivity contribution >= 4 is 28.1 Å². The average Bonchev–Trinajstić information content (AvgIpc) is 2.94. The zero-order valence-electron chi connectivity index (χ0n) is 9.58. The number of thiazole rings is 1. The highest BCUT2D eigenvalue weighted by atomic mass is 35.5. The van der Waals surface area contributed by atoms with Crippen molar-refractivity contribution in [3.63, 3.8) is 0 Å². The fourth-order valence-corrected chi connectivity index (χ4v) is 2.92. The van der Waals surface area contributed by atoms with Gasteiger partial charge in [-0.2, -0.15) is 5.26 Å². The van der Waals surface area contributed by atoms with Gasteiger partial charge in [-0.15, -0.1) is 0 Å². The summed E-state index contributed by atoms with van der Waals surface area (Å²) < 4.78 is 0. The molecule has 0 saturated carbocycles. The molecule has 0 unspecified atom stereocenters. The number of nitrogens with one attached hydrogen (secondary N) is 1. The van der Waals surface area contributed by atoms with Gasteiger partial charge in [-0.25, -0.2) is 4.98 Å². The molecule has 2 rings (SSSR count). The minimum Gasteiger partial charge on any atom is -0.361 e. The van der Waals surface area contributed by atoms with Gasteiger partial charge in [-0.3, -0.25) is 0 Å². The van der Waals surface area contributed by atoms with E-state index >= 15 is 0 Å². The van der Waals surface area contributed by atoms with Crippen LogP contribution in [0.3, 0.4) is 0 Å². The molecule has 0 bridgehead atoms. The maximum Gasteiger partial charge on any atom is 0.185 e. The Bertz CT molecular complexity index is 406. The fraction of sp³-hybridized carbons (Fsp3) is 0.636. The number of hydrogen-bond donors (Lipinski definition) is 1. The summed E-state index contributed by atoms with van der Waals surface area (Å²) in [6, 6.07) is 2.03. The molecule has 1 aliphatic rings. The van der Waals surface area contributed by atoms with Crippen LogP contribution in [0.4, 0.5) is 5.13 Å². The topological polar surface area (TPSA) is 52.0 Å². The van der Waals surface area contributed by atoms with Gasteiger partial charge in [-0.05, 0) is 38.9 Å². The molecule has 1 saturated heterocycles. The second-order valence-electron chi connectivity index (χ2n) is 4.08. The number of aromatic nitrogens is 1. The molecule has 1 fully saturated rings. The summed E-state index contributed by atoms with van der Waals surface area (Å²) in [5, 5.41) is 13.0. The van der Waals surface area contributed by atoms with E-state index in [9.17, 15) is 0 Å². The van der Waals surface area contributed by atoms with Crippen LogP contribution < -0.4 is 5.32 Å². The van der Waals surface area contributed by atoms with Crippen LogP contribution in [0, 0.1) is 11.3 Å². The van der Waals surface area contributed by atoms with Crippen LogP contribution in [0.5, 0.6) is 0 Å². The predicted octanol–water partition coefficient (Wildman–Crippen LogP) is 2.57. The molecule has 92 valence electrons. The average molecular weight is 271 g/mol. The van der Waals surface area contributed by atoms with Crippen molar-refractivity contribution < 1.29 is 0 Å². The predicted molar refractivity (Wildman–Crippen MR) is 70.6 cm³/mol. The van der Waals surface area contributed by atoms with Crippen molar-refractivity contribution in [1.29, 1.82) is 5.26 Å². The zero-order chi connectivity index (χ0) is 12.1. The molecular weight excluding hydrogens is 256 g/mol. The highest BCUT2D eigenvalue weighted by Crippen LogP contribution is 2.25. The van der Waals surface area contributed by atoms with Crippen LogP contribution >= 0.6 is 22.9 Å². The van der Waals surface area contributed by atoms with Crippen LogP contribution in [0.15, 0.2) is 0 Å². The Morgan fingerprint density at radius 1 is 1.47 bits per heavy atom. The molecule has 4 nitrogen and oxygen atoms in total. The quantitative estimate of drug-likeness (QED) is 0.836. The van der Waals surface area contributed by atoms with E-state index in [2.05, 4.69) is 15.2 Å². The molecule has 0 aliphatic carbocycles. The van der Waals surface area contributed by atoms with Crippen molar-refractivity contribution in [2.24, 2.45) is 0 Å². The summed E-state index contributed by atoms with van der Waals surface area (Å²) >= 11 is 7.10. The largest absolute Gasteiger partial charge is 0.361 e. The molecule has 0 amide bonds. The standard InChI is InChI=1S/C11H15ClN4S/c12-10-9(8-13)17-11(15-10)14-4-3-7-16-5-1-2-6-16/h1-7H2,(H,14,15). The van der Waals surface area contributed by atoms with E-state index in [0.717, 1.165) is 24.6 Å². The molecule has 2 heterocycles. The van der Waals surface area contributed by atoms with Gasteiger partial charge in [0.25, 0.3) is 0 Å². The van der Waals surface area contributed by atoms with Gasteiger partial charge in [0, 0.05) is 6.54 Å². The Balaban J connectivity index is 1.69. The number of rotatable bonds is 5. The van der Waals surface area contributed by atoms with E-state index in [0.29, 0.717) is 10.0 Å². The number of nitrogens with zero attached hydrogens (tertiary/aromatic N) is 3. The molecule has 0 spiro atoms. The molecular formula is C11H15ClN4S. The van der Waals surface area contributed by atoms with Crippen LogP contribution in [0.2, 0.25) is 5.15 Å². The van der Waals surface area contributed by atoms with Gasteiger partial charge < -0.3 is 10.2 Å². The van der Waals surface area contributed by atoms with E-state index in [-0.39, 0.29) is 0 Å². The SMILES string of the molecule is N#Cc1sc(NCCCN2CCCC2)nc1Cl. The third-order valence-electron chi connectivity index (χ3n) is 2.81. The summed E-state index contributed by atoms with van der Waals surface area (Å²) in [6.07, 6.45) is 3.77. The second kappa shape index (κ2) is 6.20. The van der Waals surface area contributed by atoms with Crippen molar-refractivity contribution in [1.82, 2.24) is 9.88 Å². The van der Waals surface area contributed by atoms with Gasteiger partial charge in [-0.1, -0.05) is 22.9 Å². The third kappa shape index (κ3) is 3.56. The fourth-order valence-electron chi connectivity index (χ4n) is 1.95. The molecule has 0 radical (unpaired) electrons. The third-order valence-corrected chi connectivity index (χ3v) is 4.12. The minimum atomic E-state index is 0.305. The highest BCUT2D eigenvalue weighted by Gasteiger charge is 2.11. The van der Waals surface area contributed by atoms with Crippen LogP contribution in [0.25, 0.3) is 0 Å². The Hall–Kier alpha value is -0.830. The molecule has 1 N–H and O–H groups in total. The summed E-state index contributed by atoms with van der Waals surface area (Å²) in [6.45, 7) is 4.49. The first-order valence-electron chi connectivity index (χ1n) is 5.82. The van der Waals surface area contributed by atoms with Crippen molar-refractivity contribution in [2.45, 2.75) is 19.3 Å². The number of anilines is 1. The molecule has 1 aliphatic heterocycles. The molecule has 1 aromatic rings. The number of halogens is 1. The van der Waals surface area contributed by atoms with Gasteiger partial charge in [0.2, 0.25) is 0 Å². The van der Waals surface area contributed by atoms with Crippen LogP contribution in [0.1, 0.15) is 24.1 Å². The van der Waals surface area contributed by atoms with Gasteiger partial charge in [0.05, 0.1) is 0 Å². The lowest BCUT2D eigenvalue weighted by Gasteiger charge is -2.13. The summed E-state index contributed by atoms with van der Waals surface area (Å²) in [5.41, 5.74) is 0. The van der Waals surface area contributed by atoms with E-state index < -0.39 is 0 Å². The Labute approximate surface area is 110 Å². The molecule has 0 aromatic carbocycles. The Morgan fingerprint density at radius 2 is 2.24 bits per heavy atom. The number of hydrogen-bond acceptors (Lipinski definition) is 5. The molecule has 17 heavy (non-hydrogen) atoms. The van der Waals surface area contributed by atoms with Crippen molar-refractivity contribution in [2.75, 3.05) is 31.5 Å². The lowest BCUT2D eigenvalue weighted by Crippen LogP contribution is -2.22. The molecule has 0 atom stereocenters. The smallest absolute Gasteiger partial charge is 0.185 e. The Morgan fingerprint density at radius 3 is 2.88 bits per heavy atom. The zero-order valence-corrected chi connectivity index (χ0v) is 11.2. The highest BCUT2D eigenvalue weighted by molar-refractivity contribution is 7.16. The second-order valence-corrected chi connectivity index (χ2v) is 5.44. The van der Waals surface area contributed by atoms with E-state index in [4.69, 9.17) is 16.9 Å². The first-order valence-corrected chi connectivity index (χ1v) is 7.01. The Kier molecular flexibility index (Phi) is 4.60. The van der Waals surface area contributed by atoms with Gasteiger partial charge >= 0.3 is 0 Å². The van der Waals surface area contributed by atoms with E-state index in [1.165, 1.54) is 37.3 Å². The lowest BCUT2D eigenvalue weighted by molar-refractivity contribution is 0.337. The number of nitriles is 1. The first kappa shape index (κ1) is 12.6. The van der Waals surface area contributed by atoms with E-state index in [1.54, 1.807) is 0 Å². The maximum absolute atomic E-state index is 8.75. The van der Waals surface area contributed by atoms with Crippen LogP contribution in [-0.2, 0) is 0 Å². The molecule has 1 aromatic heterocycles. The summed E-state index contributed by atoms with van der Waals surface area (Å²) in [5.74, 6) is 0. The van der Waals surface area contributed by atoms with Crippen molar-refractivity contribution in [3.05, 3.63) is 10.0 Å². The maximum atomic E-state index is 8.75. The van der Waals surface area contributed by atoms with Crippen molar-refractivity contribution in [3.8, 4) is 6.07 Å².